The molecule has 0 aromatic heterocycles. The zero-order valence-electron chi connectivity index (χ0n) is 15.3. The van der Waals surface area contributed by atoms with Crippen molar-refractivity contribution in [1.29, 1.82) is 0 Å². The Kier molecular flexibility index (Phi) is 6.19. The summed E-state index contributed by atoms with van der Waals surface area (Å²) >= 11 is 0. The number of nitrogens with one attached hydrogen (secondary N) is 1. The van der Waals surface area contributed by atoms with Gasteiger partial charge in [-0.2, -0.15) is 13.2 Å². The van der Waals surface area contributed by atoms with Gasteiger partial charge < -0.3 is 20.0 Å². The molecule has 0 saturated heterocycles. The lowest BCUT2D eigenvalue weighted by atomic mass is 10.0. The van der Waals surface area contributed by atoms with Crippen LogP contribution in [0.4, 0.5) is 13.2 Å². The summed E-state index contributed by atoms with van der Waals surface area (Å²) in [5.41, 5.74) is 2.10. The third-order valence-corrected chi connectivity index (χ3v) is 4.28. The second-order valence-electron chi connectivity index (χ2n) is 6.54. The van der Waals surface area contributed by atoms with E-state index in [4.69, 9.17) is 4.74 Å². The van der Waals surface area contributed by atoms with E-state index < -0.39 is 18.4 Å². The van der Waals surface area contributed by atoms with E-state index in [1.165, 1.54) is 0 Å². The van der Waals surface area contributed by atoms with Crippen LogP contribution in [0.2, 0.25) is 0 Å². The van der Waals surface area contributed by atoms with Crippen LogP contribution in [0.15, 0.2) is 59.8 Å². The maximum atomic E-state index is 12.8. The van der Waals surface area contributed by atoms with Crippen LogP contribution in [0.1, 0.15) is 23.1 Å². The number of halogens is 3. The van der Waals surface area contributed by atoms with E-state index in [9.17, 15) is 23.1 Å². The fraction of sp³-hybridized carbons (Fsp3) is 0.300. The van der Waals surface area contributed by atoms with Gasteiger partial charge in [-0.3, -0.25) is 4.79 Å². The van der Waals surface area contributed by atoms with Crippen molar-refractivity contribution < 1.29 is 32.6 Å². The van der Waals surface area contributed by atoms with Gasteiger partial charge in [0.25, 0.3) is 0 Å². The van der Waals surface area contributed by atoms with Gasteiger partial charge in [-0.25, -0.2) is 0 Å². The highest BCUT2D eigenvalue weighted by Gasteiger charge is 2.60. The molecule has 1 aliphatic rings. The lowest BCUT2D eigenvalue weighted by molar-refractivity contribution is -0.355. The molecule has 1 amide bonds. The van der Waals surface area contributed by atoms with E-state index >= 15 is 0 Å². The highest BCUT2D eigenvalue weighted by molar-refractivity contribution is 6.01. The van der Waals surface area contributed by atoms with Gasteiger partial charge in [0.15, 0.2) is 0 Å². The van der Waals surface area contributed by atoms with E-state index in [1.54, 1.807) is 24.3 Å². The summed E-state index contributed by atoms with van der Waals surface area (Å²) in [6.45, 7) is 0.484. The average molecular weight is 408 g/mol. The Morgan fingerprint density at radius 2 is 1.83 bits per heavy atom. The smallest absolute Gasteiger partial charge is 0.367 e. The minimum absolute atomic E-state index is 0.00489. The van der Waals surface area contributed by atoms with Crippen LogP contribution in [-0.4, -0.2) is 35.3 Å². The quantitative estimate of drug-likeness (QED) is 0.738. The lowest BCUT2D eigenvalue weighted by Crippen LogP contribution is -2.45. The number of amides is 1. The summed E-state index contributed by atoms with van der Waals surface area (Å²) in [4.78, 5) is 16.0. The molecule has 29 heavy (non-hydrogen) atoms. The van der Waals surface area contributed by atoms with Crippen LogP contribution < -0.4 is 5.32 Å². The Hall–Kier alpha value is -2.91. The molecule has 154 valence electrons. The first-order valence-corrected chi connectivity index (χ1v) is 8.79. The summed E-state index contributed by atoms with van der Waals surface area (Å²) in [5, 5.41) is 15.5. The fourth-order valence-electron chi connectivity index (χ4n) is 2.63. The number of rotatable bonds is 7. The molecule has 0 aliphatic carbocycles. The minimum atomic E-state index is -4.94. The van der Waals surface area contributed by atoms with Gasteiger partial charge in [-0.05, 0) is 16.7 Å². The standard InChI is InChI=1S/C20H19F3N2O4/c21-20(22,23)19(27)10-17(25-29-19)16-8-6-14(7-9-16)11-24-18(26)13-28-12-15-4-2-1-3-5-15/h1-9,27H,10-13H2,(H,24,26). The molecule has 1 atom stereocenters. The first-order valence-electron chi connectivity index (χ1n) is 8.79. The van der Waals surface area contributed by atoms with Crippen molar-refractivity contribution in [2.75, 3.05) is 6.61 Å². The van der Waals surface area contributed by atoms with Gasteiger partial charge >= 0.3 is 12.0 Å². The van der Waals surface area contributed by atoms with Gasteiger partial charge in [0.05, 0.1) is 18.7 Å². The number of nitrogens with zero attached hydrogens (tertiary/aromatic N) is 1. The van der Waals surface area contributed by atoms with Gasteiger partial charge in [0.1, 0.15) is 6.61 Å². The highest BCUT2D eigenvalue weighted by Crippen LogP contribution is 2.38. The number of hydrogen-bond donors (Lipinski definition) is 2. The van der Waals surface area contributed by atoms with Crippen molar-refractivity contribution in [3.8, 4) is 0 Å². The van der Waals surface area contributed by atoms with Gasteiger partial charge in [-0.1, -0.05) is 59.8 Å². The van der Waals surface area contributed by atoms with Crippen molar-refractivity contribution in [2.24, 2.45) is 5.16 Å². The number of carbonyl (C=O) groups is 1. The molecule has 9 heteroatoms. The summed E-state index contributed by atoms with van der Waals surface area (Å²) in [5.74, 6) is -3.58. The molecular formula is C20H19F3N2O4. The number of aliphatic hydroxyl groups is 1. The molecule has 6 nitrogen and oxygen atoms in total. The number of ether oxygens (including phenoxy) is 1. The van der Waals surface area contributed by atoms with Gasteiger partial charge in [-0.15, -0.1) is 0 Å². The summed E-state index contributed by atoms with van der Waals surface area (Å²) in [6.07, 6.45) is -5.73. The molecule has 3 rings (SSSR count). The van der Waals surface area contributed by atoms with Crippen LogP contribution >= 0.6 is 0 Å². The third-order valence-electron chi connectivity index (χ3n) is 4.28. The Labute approximate surface area is 164 Å². The second-order valence-corrected chi connectivity index (χ2v) is 6.54. The van der Waals surface area contributed by atoms with Crippen LogP contribution in [0.5, 0.6) is 0 Å². The van der Waals surface area contributed by atoms with Crippen molar-refractivity contribution in [2.45, 2.75) is 31.5 Å². The zero-order chi connectivity index (χ0) is 20.9. The third kappa shape index (κ3) is 5.33. The number of carbonyl (C=O) groups excluding carboxylic acids is 1. The Morgan fingerprint density at radius 1 is 1.14 bits per heavy atom. The van der Waals surface area contributed by atoms with Gasteiger partial charge in [0.2, 0.25) is 5.91 Å². The molecule has 0 bridgehead atoms. The SMILES string of the molecule is O=C(COCc1ccccc1)NCc1ccc(C2=NOC(O)(C(F)(F)F)C2)cc1. The first-order chi connectivity index (χ1) is 13.8. The van der Waals surface area contributed by atoms with Crippen LogP contribution in [0, 0.1) is 0 Å². The van der Waals surface area contributed by atoms with E-state index in [1.807, 2.05) is 30.3 Å². The predicted molar refractivity (Wildman–Crippen MR) is 97.6 cm³/mol. The Morgan fingerprint density at radius 3 is 2.45 bits per heavy atom. The summed E-state index contributed by atoms with van der Waals surface area (Å²) < 4.78 is 43.6. The largest absolute Gasteiger partial charge is 0.458 e. The maximum absolute atomic E-state index is 12.8. The summed E-state index contributed by atoms with van der Waals surface area (Å²) in [7, 11) is 0. The minimum Gasteiger partial charge on any atom is -0.367 e. The molecule has 2 aromatic rings. The molecule has 2 aromatic carbocycles. The molecule has 1 aliphatic heterocycles. The molecular weight excluding hydrogens is 389 g/mol. The number of oxime groups is 1. The van der Waals surface area contributed by atoms with Crippen molar-refractivity contribution in [1.82, 2.24) is 5.32 Å². The van der Waals surface area contributed by atoms with Gasteiger partial charge in [0, 0.05) is 6.54 Å². The molecule has 0 radical (unpaired) electrons. The van der Waals surface area contributed by atoms with Crippen LogP contribution in [-0.2, 0) is 27.5 Å². The first kappa shape index (κ1) is 20.8. The molecule has 0 saturated carbocycles. The van der Waals surface area contributed by atoms with Crippen molar-refractivity contribution >= 4 is 11.6 Å². The topological polar surface area (TPSA) is 80.2 Å². The normalized spacial score (nSPS) is 18.8. The van der Waals surface area contributed by atoms with Crippen LogP contribution in [0.25, 0.3) is 0 Å². The lowest BCUT2D eigenvalue weighted by Gasteiger charge is -2.22. The molecule has 0 spiro atoms. The van der Waals surface area contributed by atoms with E-state index in [-0.39, 0.29) is 24.8 Å². The number of hydrogen-bond acceptors (Lipinski definition) is 5. The number of benzene rings is 2. The zero-order valence-corrected chi connectivity index (χ0v) is 15.3. The summed E-state index contributed by atoms with van der Waals surface area (Å²) in [6, 6.07) is 15.9. The van der Waals surface area contributed by atoms with E-state index in [0.717, 1.165) is 11.1 Å². The monoisotopic (exact) mass is 408 g/mol. The highest BCUT2D eigenvalue weighted by atomic mass is 19.4. The van der Waals surface area contributed by atoms with E-state index in [2.05, 4.69) is 15.3 Å². The number of alkyl halides is 3. The predicted octanol–water partition coefficient (Wildman–Crippen LogP) is 2.89. The van der Waals surface area contributed by atoms with Crippen molar-refractivity contribution in [3.05, 3.63) is 71.3 Å². The average Bonchev–Trinajstić information content (AvgIpc) is 3.11. The van der Waals surface area contributed by atoms with Crippen molar-refractivity contribution in [3.63, 3.8) is 0 Å². The Balaban J connectivity index is 1.44. The fourth-order valence-corrected chi connectivity index (χ4v) is 2.63. The Bertz CT molecular complexity index is 870. The van der Waals surface area contributed by atoms with E-state index in [0.29, 0.717) is 12.2 Å². The second kappa shape index (κ2) is 8.62. The molecule has 1 unspecified atom stereocenters. The van der Waals surface area contributed by atoms with Crippen LogP contribution in [0.3, 0.4) is 0 Å². The maximum Gasteiger partial charge on any atom is 0.458 e. The molecule has 1 heterocycles. The molecule has 0 fully saturated rings. The molecule has 2 N–H and O–H groups in total.